The van der Waals surface area contributed by atoms with Gasteiger partial charge in [-0.2, -0.15) is 0 Å². The van der Waals surface area contributed by atoms with Crippen molar-refractivity contribution in [2.24, 2.45) is 5.73 Å². The minimum Gasteiger partial charge on any atom is -0.423 e. The van der Waals surface area contributed by atoms with E-state index >= 15 is 0 Å². The normalized spacial score (nSPS) is 10.5. The standard InChI is InChI=1S/C11H10N2O3/c12-7-1-2-8-6(3-10(13)14)4-11(15)16-9(8)5-7/h1-2,4-5H,3,12H2,(H2,13,14). The molecule has 82 valence electrons. The van der Waals surface area contributed by atoms with Crippen LogP contribution < -0.4 is 17.1 Å². The van der Waals surface area contributed by atoms with Gasteiger partial charge in [-0.15, -0.1) is 0 Å². The van der Waals surface area contributed by atoms with Gasteiger partial charge in [-0.05, 0) is 17.7 Å². The molecule has 0 fully saturated rings. The van der Waals surface area contributed by atoms with Crippen molar-refractivity contribution in [3.63, 3.8) is 0 Å². The zero-order valence-electron chi connectivity index (χ0n) is 8.40. The largest absolute Gasteiger partial charge is 0.423 e. The molecule has 1 aromatic carbocycles. The van der Waals surface area contributed by atoms with E-state index in [1.165, 1.54) is 6.07 Å². The number of anilines is 1. The lowest BCUT2D eigenvalue weighted by atomic mass is 10.1. The van der Waals surface area contributed by atoms with Gasteiger partial charge in [-0.25, -0.2) is 4.79 Å². The second-order valence-electron chi connectivity index (χ2n) is 3.49. The monoisotopic (exact) mass is 218 g/mol. The summed E-state index contributed by atoms with van der Waals surface area (Å²) in [5.74, 6) is -0.497. The summed E-state index contributed by atoms with van der Waals surface area (Å²) in [6.07, 6.45) is 0.00597. The molecule has 5 heteroatoms. The highest BCUT2D eigenvalue weighted by Crippen LogP contribution is 2.19. The smallest absolute Gasteiger partial charge is 0.336 e. The molecule has 0 aliphatic rings. The van der Waals surface area contributed by atoms with Crippen molar-refractivity contribution in [1.82, 2.24) is 0 Å². The molecule has 0 aliphatic heterocycles. The molecular formula is C11H10N2O3. The van der Waals surface area contributed by atoms with Crippen molar-refractivity contribution in [2.75, 3.05) is 5.73 Å². The maximum atomic E-state index is 11.2. The lowest BCUT2D eigenvalue weighted by Crippen LogP contribution is -2.15. The van der Waals surface area contributed by atoms with E-state index in [1.54, 1.807) is 18.2 Å². The molecular weight excluding hydrogens is 208 g/mol. The van der Waals surface area contributed by atoms with Crippen molar-refractivity contribution >= 4 is 22.6 Å². The van der Waals surface area contributed by atoms with Gasteiger partial charge in [0, 0.05) is 23.2 Å². The lowest BCUT2D eigenvalue weighted by molar-refractivity contribution is -0.117. The van der Waals surface area contributed by atoms with Crippen LogP contribution in [0, 0.1) is 0 Å². The molecule has 16 heavy (non-hydrogen) atoms. The van der Waals surface area contributed by atoms with E-state index in [4.69, 9.17) is 15.9 Å². The van der Waals surface area contributed by atoms with E-state index in [1.807, 2.05) is 0 Å². The molecule has 1 heterocycles. The summed E-state index contributed by atoms with van der Waals surface area (Å²) in [5, 5.41) is 0.674. The average molecular weight is 218 g/mol. The van der Waals surface area contributed by atoms with Gasteiger partial charge in [0.15, 0.2) is 0 Å². The van der Waals surface area contributed by atoms with Gasteiger partial charge < -0.3 is 15.9 Å². The Labute approximate surface area is 90.7 Å². The topological polar surface area (TPSA) is 99.3 Å². The number of nitrogen functional groups attached to an aromatic ring is 1. The minimum atomic E-state index is -0.519. The Morgan fingerprint density at radius 1 is 1.31 bits per heavy atom. The molecule has 2 rings (SSSR count). The number of hydrogen-bond donors (Lipinski definition) is 2. The van der Waals surface area contributed by atoms with Crippen LogP contribution in [-0.2, 0) is 11.2 Å². The molecule has 0 radical (unpaired) electrons. The zero-order chi connectivity index (χ0) is 11.7. The predicted octanol–water partition coefficient (Wildman–Crippen LogP) is 0.403. The van der Waals surface area contributed by atoms with Gasteiger partial charge >= 0.3 is 5.63 Å². The van der Waals surface area contributed by atoms with E-state index in [2.05, 4.69) is 0 Å². The number of nitrogens with two attached hydrogens (primary N) is 2. The molecule has 5 nitrogen and oxygen atoms in total. The van der Waals surface area contributed by atoms with Crippen molar-refractivity contribution in [3.05, 3.63) is 40.2 Å². The van der Waals surface area contributed by atoms with E-state index in [9.17, 15) is 9.59 Å². The first kappa shape index (κ1) is 10.2. The third kappa shape index (κ3) is 1.88. The molecule has 0 saturated heterocycles. The summed E-state index contributed by atoms with van der Waals surface area (Å²) < 4.78 is 4.98. The second kappa shape index (κ2) is 3.69. The zero-order valence-corrected chi connectivity index (χ0v) is 8.40. The summed E-state index contributed by atoms with van der Waals surface area (Å²) in [6, 6.07) is 6.18. The van der Waals surface area contributed by atoms with Crippen LogP contribution >= 0.6 is 0 Å². The van der Waals surface area contributed by atoms with Gasteiger partial charge in [-0.1, -0.05) is 0 Å². The van der Waals surface area contributed by atoms with Crippen LogP contribution in [0.3, 0.4) is 0 Å². The molecule has 4 N–H and O–H groups in total. The Morgan fingerprint density at radius 2 is 2.06 bits per heavy atom. The van der Waals surface area contributed by atoms with Crippen LogP contribution in [0.2, 0.25) is 0 Å². The molecule has 0 aliphatic carbocycles. The molecule has 0 unspecified atom stereocenters. The number of benzene rings is 1. The highest BCUT2D eigenvalue weighted by Gasteiger charge is 2.07. The van der Waals surface area contributed by atoms with Crippen LogP contribution in [-0.4, -0.2) is 5.91 Å². The van der Waals surface area contributed by atoms with Crippen LogP contribution in [0.4, 0.5) is 5.69 Å². The van der Waals surface area contributed by atoms with Crippen molar-refractivity contribution in [1.29, 1.82) is 0 Å². The van der Waals surface area contributed by atoms with Crippen LogP contribution in [0.5, 0.6) is 0 Å². The highest BCUT2D eigenvalue weighted by molar-refractivity contribution is 5.87. The average Bonchev–Trinajstić information content (AvgIpc) is 2.15. The number of amides is 1. The number of primary amides is 1. The van der Waals surface area contributed by atoms with Gasteiger partial charge in [0.1, 0.15) is 5.58 Å². The molecule has 0 atom stereocenters. The third-order valence-corrected chi connectivity index (χ3v) is 2.22. The Bertz CT molecular complexity index is 616. The predicted molar refractivity (Wildman–Crippen MR) is 59.8 cm³/mol. The molecule has 0 bridgehead atoms. The van der Waals surface area contributed by atoms with Crippen molar-refractivity contribution < 1.29 is 9.21 Å². The van der Waals surface area contributed by atoms with Crippen molar-refractivity contribution in [3.8, 4) is 0 Å². The third-order valence-electron chi connectivity index (χ3n) is 2.22. The van der Waals surface area contributed by atoms with E-state index in [0.29, 0.717) is 22.2 Å². The Kier molecular flexibility index (Phi) is 2.36. The van der Waals surface area contributed by atoms with E-state index in [-0.39, 0.29) is 6.42 Å². The maximum Gasteiger partial charge on any atom is 0.336 e. The van der Waals surface area contributed by atoms with Gasteiger partial charge in [0.25, 0.3) is 0 Å². The summed E-state index contributed by atoms with van der Waals surface area (Å²) in [6.45, 7) is 0. The number of hydrogen-bond acceptors (Lipinski definition) is 4. The summed E-state index contributed by atoms with van der Waals surface area (Å²) >= 11 is 0. The summed E-state index contributed by atoms with van der Waals surface area (Å²) in [5.41, 5.74) is 11.6. The van der Waals surface area contributed by atoms with Gasteiger partial charge in [-0.3, -0.25) is 4.79 Å². The molecule has 1 aromatic heterocycles. The SMILES string of the molecule is NC(=O)Cc1cc(=O)oc2cc(N)ccc12. The summed E-state index contributed by atoms with van der Waals surface area (Å²) in [7, 11) is 0. The Hall–Kier alpha value is -2.30. The Morgan fingerprint density at radius 3 is 2.75 bits per heavy atom. The fourth-order valence-corrected chi connectivity index (χ4v) is 1.58. The highest BCUT2D eigenvalue weighted by atomic mass is 16.4. The summed E-state index contributed by atoms with van der Waals surface area (Å²) in [4.78, 5) is 22.1. The number of carbonyl (C=O) groups is 1. The fourth-order valence-electron chi connectivity index (χ4n) is 1.58. The number of fused-ring (bicyclic) bond motifs is 1. The number of carbonyl (C=O) groups excluding carboxylic acids is 1. The van der Waals surface area contributed by atoms with Gasteiger partial charge in [0.2, 0.25) is 5.91 Å². The maximum absolute atomic E-state index is 11.2. The van der Waals surface area contributed by atoms with Gasteiger partial charge in [0.05, 0.1) is 6.42 Å². The van der Waals surface area contributed by atoms with Crippen LogP contribution in [0.1, 0.15) is 5.56 Å². The molecule has 0 saturated carbocycles. The van der Waals surface area contributed by atoms with E-state index < -0.39 is 11.5 Å². The molecule has 1 amide bonds. The first-order valence-electron chi connectivity index (χ1n) is 4.67. The Balaban J connectivity index is 2.72. The fraction of sp³-hybridized carbons (Fsp3) is 0.0909. The quantitative estimate of drug-likeness (QED) is 0.563. The first-order valence-corrected chi connectivity index (χ1v) is 4.67. The van der Waals surface area contributed by atoms with E-state index in [0.717, 1.165) is 0 Å². The molecule has 0 spiro atoms. The van der Waals surface area contributed by atoms with Crippen molar-refractivity contribution in [2.45, 2.75) is 6.42 Å². The second-order valence-corrected chi connectivity index (χ2v) is 3.49. The molecule has 2 aromatic rings. The first-order chi connectivity index (χ1) is 7.56. The minimum absolute atomic E-state index is 0.00597. The van der Waals surface area contributed by atoms with Crippen LogP contribution in [0.15, 0.2) is 33.5 Å². The van der Waals surface area contributed by atoms with Crippen LogP contribution in [0.25, 0.3) is 11.0 Å². The number of rotatable bonds is 2. The lowest BCUT2D eigenvalue weighted by Gasteiger charge is -2.03.